The van der Waals surface area contributed by atoms with Crippen molar-refractivity contribution in [1.29, 1.82) is 0 Å². The van der Waals surface area contributed by atoms with E-state index in [1.807, 2.05) is 0 Å². The number of aliphatic hydroxyl groups is 1. The van der Waals surface area contributed by atoms with Crippen LogP contribution in [0.15, 0.2) is 64.2 Å². The fourth-order valence-corrected chi connectivity index (χ4v) is 2.03. The van der Waals surface area contributed by atoms with Gasteiger partial charge in [-0.3, -0.25) is 4.79 Å². The number of rotatable bonds is 7. The molecule has 1 N–H and O–H groups in total. The highest BCUT2D eigenvalue weighted by Crippen LogP contribution is 2.32. The fraction of sp³-hybridized carbons (Fsp3) is 0.316. The molecule has 0 radical (unpaired) electrons. The minimum absolute atomic E-state index is 0.0428. The van der Waals surface area contributed by atoms with Crippen LogP contribution < -0.4 is 0 Å². The van der Waals surface area contributed by atoms with Gasteiger partial charge in [-0.15, -0.1) is 0 Å². The summed E-state index contributed by atoms with van der Waals surface area (Å²) in [6.07, 6.45) is 5.79. The van der Waals surface area contributed by atoms with Crippen molar-refractivity contribution in [3.63, 3.8) is 0 Å². The van der Waals surface area contributed by atoms with Crippen LogP contribution in [0.4, 0.5) is 8.78 Å². The highest BCUT2D eigenvalue weighted by Gasteiger charge is 2.28. The maximum absolute atomic E-state index is 13.8. The summed E-state index contributed by atoms with van der Waals surface area (Å²) in [5.41, 5.74) is 1.32. The topological polar surface area (TPSA) is 50.4 Å². The van der Waals surface area contributed by atoms with E-state index in [2.05, 4.69) is 6.58 Å². The Bertz CT molecular complexity index is 699. The van der Waals surface area contributed by atoms with Crippen molar-refractivity contribution in [2.75, 3.05) is 0 Å². The molecular weight excluding hydrogens is 314 g/mol. The predicted molar refractivity (Wildman–Crippen MR) is 90.8 cm³/mol. The van der Waals surface area contributed by atoms with Gasteiger partial charge in [0.25, 0.3) is 5.92 Å². The van der Waals surface area contributed by atoms with E-state index >= 15 is 0 Å². The third kappa shape index (κ3) is 5.33. The molecule has 0 saturated carbocycles. The molecule has 0 aliphatic rings. The minimum atomic E-state index is -3.05. The molecule has 1 aromatic rings. The van der Waals surface area contributed by atoms with Crippen LogP contribution in [-0.2, 0) is 4.79 Å². The van der Waals surface area contributed by atoms with Crippen LogP contribution in [0.2, 0.25) is 0 Å². The van der Waals surface area contributed by atoms with E-state index < -0.39 is 5.92 Å². The average molecular weight is 336 g/mol. The molecule has 0 atom stereocenters. The minimum Gasteiger partial charge on any atom is -0.512 e. The normalized spacial score (nSPS) is 14.4. The molecule has 0 fully saturated rings. The summed E-state index contributed by atoms with van der Waals surface area (Å²) in [5, 5.41) is 9.94. The molecule has 0 aromatic carbocycles. The summed E-state index contributed by atoms with van der Waals surface area (Å²) in [6.45, 7) is 8.77. The van der Waals surface area contributed by atoms with E-state index in [0.29, 0.717) is 11.1 Å². The van der Waals surface area contributed by atoms with E-state index in [4.69, 9.17) is 4.42 Å². The Morgan fingerprint density at radius 3 is 2.42 bits per heavy atom. The Balaban J connectivity index is 3.34. The Hall–Kier alpha value is -2.43. The van der Waals surface area contributed by atoms with Gasteiger partial charge in [-0.25, -0.2) is 8.78 Å². The quantitative estimate of drug-likeness (QED) is 0.399. The summed E-state index contributed by atoms with van der Waals surface area (Å²) in [4.78, 5) is 11.3. The summed E-state index contributed by atoms with van der Waals surface area (Å²) in [7, 11) is 0. The second kappa shape index (κ2) is 7.90. The maximum Gasteiger partial charge on any atom is 0.270 e. The molecule has 0 amide bonds. The smallest absolute Gasteiger partial charge is 0.270 e. The number of aliphatic hydroxyl groups excluding tert-OH is 1. The van der Waals surface area contributed by atoms with Crippen molar-refractivity contribution in [3.05, 3.63) is 65.4 Å². The summed E-state index contributed by atoms with van der Waals surface area (Å²) < 4.78 is 32.6. The summed E-state index contributed by atoms with van der Waals surface area (Å²) >= 11 is 0. The molecule has 24 heavy (non-hydrogen) atoms. The van der Waals surface area contributed by atoms with Crippen LogP contribution in [-0.4, -0.2) is 16.8 Å². The van der Waals surface area contributed by atoms with Crippen molar-refractivity contribution < 1.29 is 23.1 Å². The first-order chi connectivity index (χ1) is 11.0. The molecule has 5 heteroatoms. The highest BCUT2D eigenvalue weighted by atomic mass is 19.3. The number of hydrogen-bond acceptors (Lipinski definition) is 3. The molecular formula is C19H22F2O3. The van der Waals surface area contributed by atoms with Crippen molar-refractivity contribution in [1.82, 2.24) is 0 Å². The van der Waals surface area contributed by atoms with Crippen LogP contribution in [0.5, 0.6) is 0 Å². The Morgan fingerprint density at radius 1 is 1.38 bits per heavy atom. The zero-order valence-electron chi connectivity index (χ0n) is 14.3. The van der Waals surface area contributed by atoms with Gasteiger partial charge in [-0.05, 0) is 44.1 Å². The lowest BCUT2D eigenvalue weighted by Crippen LogP contribution is -2.14. The number of carbonyl (C=O) groups excluding carboxylic acids is 1. The molecule has 0 unspecified atom stereocenters. The molecule has 3 nitrogen and oxygen atoms in total. The standard InChI is InChI=1S/C19H22F2O3/c1-12(2)17(19(5,20)21)10-15(16-8-9-24-11-16)6-7-18(23)13(3)14(4)22/h6,8-11,23H,1,7H2,2-5H3/b15-6?,17-10+,18-13-. The number of ketones is 1. The molecule has 0 aliphatic heterocycles. The lowest BCUT2D eigenvalue weighted by molar-refractivity contribution is -0.113. The second-order valence-electron chi connectivity index (χ2n) is 5.73. The van der Waals surface area contributed by atoms with Gasteiger partial charge in [0, 0.05) is 30.1 Å². The highest BCUT2D eigenvalue weighted by molar-refractivity contribution is 5.93. The molecule has 1 heterocycles. The van der Waals surface area contributed by atoms with Crippen molar-refractivity contribution in [3.8, 4) is 0 Å². The van der Waals surface area contributed by atoms with Gasteiger partial charge in [-0.1, -0.05) is 12.7 Å². The third-order valence-corrected chi connectivity index (χ3v) is 3.56. The van der Waals surface area contributed by atoms with Gasteiger partial charge in [-0.2, -0.15) is 0 Å². The van der Waals surface area contributed by atoms with E-state index in [9.17, 15) is 18.7 Å². The van der Waals surface area contributed by atoms with Crippen LogP contribution >= 0.6 is 0 Å². The zero-order chi connectivity index (χ0) is 18.5. The van der Waals surface area contributed by atoms with Gasteiger partial charge >= 0.3 is 0 Å². The monoisotopic (exact) mass is 336 g/mol. The Morgan fingerprint density at radius 2 is 2.00 bits per heavy atom. The van der Waals surface area contributed by atoms with Crippen molar-refractivity contribution >= 4 is 11.4 Å². The second-order valence-corrected chi connectivity index (χ2v) is 5.73. The Kier molecular flexibility index (Phi) is 6.46. The van der Waals surface area contributed by atoms with Crippen molar-refractivity contribution in [2.24, 2.45) is 0 Å². The SMILES string of the molecule is C=C(C)/C(=C\C(=CC/C(O)=C(\C)C(C)=O)c1ccoc1)C(C)(F)F. The number of allylic oxidation sites excluding steroid dienone is 6. The van der Waals surface area contributed by atoms with Gasteiger partial charge in [0.1, 0.15) is 5.76 Å². The number of carbonyl (C=O) groups is 1. The maximum atomic E-state index is 13.8. The van der Waals surface area contributed by atoms with Gasteiger partial charge in [0.15, 0.2) is 5.78 Å². The molecule has 1 rings (SSSR count). The Labute approximate surface area is 140 Å². The van der Waals surface area contributed by atoms with E-state index in [0.717, 1.165) is 6.92 Å². The fourth-order valence-electron chi connectivity index (χ4n) is 2.03. The number of hydrogen-bond donors (Lipinski definition) is 1. The first kappa shape index (κ1) is 19.6. The van der Waals surface area contributed by atoms with Crippen LogP contribution in [0.25, 0.3) is 5.57 Å². The first-order valence-corrected chi connectivity index (χ1v) is 7.42. The number of alkyl halides is 2. The van der Waals surface area contributed by atoms with Gasteiger partial charge in [0.05, 0.1) is 12.5 Å². The predicted octanol–water partition coefficient (Wildman–Crippen LogP) is 5.63. The van der Waals surface area contributed by atoms with Gasteiger partial charge in [0.2, 0.25) is 0 Å². The lowest BCUT2D eigenvalue weighted by Gasteiger charge is -2.16. The molecule has 0 aliphatic carbocycles. The lowest BCUT2D eigenvalue weighted by atomic mass is 9.97. The van der Waals surface area contributed by atoms with Crippen LogP contribution in [0.3, 0.4) is 0 Å². The molecule has 0 bridgehead atoms. The number of halogens is 2. The third-order valence-electron chi connectivity index (χ3n) is 3.56. The first-order valence-electron chi connectivity index (χ1n) is 7.42. The largest absolute Gasteiger partial charge is 0.512 e. The number of furan rings is 1. The molecule has 130 valence electrons. The summed E-state index contributed by atoms with van der Waals surface area (Å²) in [6, 6.07) is 1.63. The van der Waals surface area contributed by atoms with Crippen LogP contribution in [0.1, 0.15) is 39.7 Å². The molecule has 0 spiro atoms. The van der Waals surface area contributed by atoms with E-state index in [1.54, 1.807) is 12.1 Å². The molecule has 1 aromatic heterocycles. The summed E-state index contributed by atoms with van der Waals surface area (Å²) in [5.74, 6) is -3.40. The average Bonchev–Trinajstić information content (AvgIpc) is 2.98. The van der Waals surface area contributed by atoms with Crippen LogP contribution in [0, 0.1) is 0 Å². The van der Waals surface area contributed by atoms with E-state index in [1.165, 1.54) is 39.4 Å². The zero-order valence-corrected chi connectivity index (χ0v) is 14.3. The molecule has 0 saturated heterocycles. The van der Waals surface area contributed by atoms with Gasteiger partial charge < -0.3 is 9.52 Å². The van der Waals surface area contributed by atoms with Crippen molar-refractivity contribution in [2.45, 2.75) is 40.0 Å². The van der Waals surface area contributed by atoms with E-state index in [-0.39, 0.29) is 34.7 Å². The number of Topliss-reactive ketones (excluding diaryl/α,β-unsaturated/α-hetero) is 1.